The van der Waals surface area contributed by atoms with Crippen molar-refractivity contribution < 1.29 is 19.1 Å². The van der Waals surface area contributed by atoms with Crippen molar-refractivity contribution in [2.45, 2.75) is 46.8 Å². The van der Waals surface area contributed by atoms with Crippen LogP contribution in [0.3, 0.4) is 0 Å². The lowest BCUT2D eigenvalue weighted by molar-refractivity contribution is -0.127. The molecule has 0 aliphatic heterocycles. The van der Waals surface area contributed by atoms with Gasteiger partial charge in [-0.05, 0) is 46.8 Å². The van der Waals surface area contributed by atoms with E-state index in [0.717, 1.165) is 5.69 Å². The topological polar surface area (TPSA) is 102 Å². The summed E-state index contributed by atoms with van der Waals surface area (Å²) in [7, 11) is 0. The molecular formula is C19H24N4O4. The number of hydrogen-bond donors (Lipinski definition) is 2. The summed E-state index contributed by atoms with van der Waals surface area (Å²) in [4.78, 5) is 36.2. The molecule has 2 rings (SSSR count). The number of amides is 3. The normalized spacial score (nSPS) is 11.8. The van der Waals surface area contributed by atoms with Gasteiger partial charge in [0.15, 0.2) is 6.10 Å². The lowest BCUT2D eigenvalue weighted by atomic mass is 10.2. The van der Waals surface area contributed by atoms with Crippen LogP contribution in [0.1, 0.15) is 42.5 Å². The van der Waals surface area contributed by atoms with E-state index in [-0.39, 0.29) is 6.04 Å². The summed E-state index contributed by atoms with van der Waals surface area (Å²) in [6.07, 6.45) is -1.13. The zero-order valence-electron chi connectivity index (χ0n) is 16.1. The van der Waals surface area contributed by atoms with Gasteiger partial charge in [-0.1, -0.05) is 18.2 Å². The highest BCUT2D eigenvalue weighted by Crippen LogP contribution is 2.19. The summed E-state index contributed by atoms with van der Waals surface area (Å²) < 4.78 is 6.88. The van der Waals surface area contributed by atoms with E-state index < -0.39 is 24.0 Å². The number of aryl methyl sites for hydroxylation is 1. The highest BCUT2D eigenvalue weighted by Gasteiger charge is 2.25. The number of para-hydroxylation sites is 1. The van der Waals surface area contributed by atoms with Crippen molar-refractivity contribution in [1.29, 1.82) is 0 Å². The van der Waals surface area contributed by atoms with E-state index in [0.29, 0.717) is 17.0 Å². The molecule has 0 saturated heterocycles. The summed E-state index contributed by atoms with van der Waals surface area (Å²) >= 11 is 0. The Kier molecular flexibility index (Phi) is 6.33. The summed E-state index contributed by atoms with van der Waals surface area (Å²) in [5.41, 5.74) is 2.21. The van der Waals surface area contributed by atoms with Crippen LogP contribution in [0.15, 0.2) is 30.3 Å². The minimum Gasteiger partial charge on any atom is -0.449 e. The molecule has 1 aromatic carbocycles. The van der Waals surface area contributed by atoms with Crippen molar-refractivity contribution in [3.05, 3.63) is 47.3 Å². The van der Waals surface area contributed by atoms with Crippen molar-refractivity contribution in [2.75, 3.05) is 0 Å². The molecule has 1 unspecified atom stereocenters. The molecule has 0 aliphatic carbocycles. The molecule has 27 heavy (non-hydrogen) atoms. The van der Waals surface area contributed by atoms with Gasteiger partial charge >= 0.3 is 12.0 Å². The molecule has 0 radical (unpaired) electrons. The van der Waals surface area contributed by atoms with E-state index in [1.807, 2.05) is 30.3 Å². The number of ether oxygens (including phenoxy) is 1. The van der Waals surface area contributed by atoms with Gasteiger partial charge in [0.05, 0.1) is 17.1 Å². The maximum Gasteiger partial charge on any atom is 0.342 e. The predicted molar refractivity (Wildman–Crippen MR) is 99.7 cm³/mol. The minimum absolute atomic E-state index is 0.121. The van der Waals surface area contributed by atoms with Gasteiger partial charge in [-0.15, -0.1) is 0 Å². The SMILES string of the molecule is Cc1nn(-c2ccccc2)c(C)c1C(=O)OC(C)C(=O)NC(=O)NC(C)C. The Morgan fingerprint density at radius 3 is 2.30 bits per heavy atom. The van der Waals surface area contributed by atoms with Crippen molar-refractivity contribution in [3.8, 4) is 5.69 Å². The second-order valence-electron chi connectivity index (χ2n) is 6.46. The van der Waals surface area contributed by atoms with Gasteiger partial charge in [0.2, 0.25) is 0 Å². The van der Waals surface area contributed by atoms with Crippen LogP contribution in [0, 0.1) is 13.8 Å². The van der Waals surface area contributed by atoms with Gasteiger partial charge in [0.25, 0.3) is 5.91 Å². The molecular weight excluding hydrogens is 348 g/mol. The van der Waals surface area contributed by atoms with Crippen LogP contribution in [-0.4, -0.2) is 39.8 Å². The Morgan fingerprint density at radius 1 is 1.07 bits per heavy atom. The van der Waals surface area contributed by atoms with Crippen molar-refractivity contribution in [2.24, 2.45) is 0 Å². The summed E-state index contributed by atoms with van der Waals surface area (Å²) in [5, 5.41) is 9.06. The van der Waals surface area contributed by atoms with E-state index in [1.165, 1.54) is 6.92 Å². The fourth-order valence-corrected chi connectivity index (χ4v) is 2.54. The van der Waals surface area contributed by atoms with Crippen molar-refractivity contribution in [3.63, 3.8) is 0 Å². The maximum atomic E-state index is 12.6. The Hall–Kier alpha value is -3.16. The average molecular weight is 372 g/mol. The number of esters is 1. The fourth-order valence-electron chi connectivity index (χ4n) is 2.54. The third kappa shape index (κ3) is 4.93. The van der Waals surface area contributed by atoms with E-state index in [4.69, 9.17) is 4.74 Å². The fraction of sp³-hybridized carbons (Fsp3) is 0.368. The molecule has 8 nitrogen and oxygen atoms in total. The van der Waals surface area contributed by atoms with E-state index in [1.54, 1.807) is 32.4 Å². The first kappa shape index (κ1) is 20.2. The lowest BCUT2D eigenvalue weighted by Gasteiger charge is -2.14. The molecule has 2 N–H and O–H groups in total. The van der Waals surface area contributed by atoms with E-state index in [2.05, 4.69) is 15.7 Å². The summed E-state index contributed by atoms with van der Waals surface area (Å²) in [6, 6.07) is 8.62. The largest absolute Gasteiger partial charge is 0.449 e. The first-order valence-electron chi connectivity index (χ1n) is 8.64. The van der Waals surface area contributed by atoms with Gasteiger partial charge < -0.3 is 10.1 Å². The number of rotatable bonds is 5. The van der Waals surface area contributed by atoms with Crippen LogP contribution in [-0.2, 0) is 9.53 Å². The third-order valence-corrected chi connectivity index (χ3v) is 3.81. The minimum atomic E-state index is -1.13. The first-order chi connectivity index (χ1) is 12.7. The molecule has 0 saturated carbocycles. The second-order valence-corrected chi connectivity index (χ2v) is 6.46. The van der Waals surface area contributed by atoms with Gasteiger partial charge in [-0.25, -0.2) is 14.3 Å². The number of carbonyl (C=O) groups is 3. The molecule has 3 amide bonds. The zero-order chi connectivity index (χ0) is 20.1. The van der Waals surface area contributed by atoms with Crippen LogP contribution in [0.2, 0.25) is 0 Å². The molecule has 1 atom stereocenters. The number of nitrogens with one attached hydrogen (secondary N) is 2. The van der Waals surface area contributed by atoms with Crippen LogP contribution < -0.4 is 10.6 Å². The van der Waals surface area contributed by atoms with Gasteiger partial charge in [-0.3, -0.25) is 10.1 Å². The number of benzene rings is 1. The molecule has 2 aromatic rings. The van der Waals surface area contributed by atoms with Crippen molar-refractivity contribution >= 4 is 17.9 Å². The molecule has 144 valence electrons. The molecule has 8 heteroatoms. The Bertz CT molecular complexity index is 843. The first-order valence-corrected chi connectivity index (χ1v) is 8.64. The van der Waals surface area contributed by atoms with Gasteiger partial charge in [0.1, 0.15) is 5.56 Å². The highest BCUT2D eigenvalue weighted by molar-refractivity contribution is 5.99. The number of nitrogens with zero attached hydrogens (tertiary/aromatic N) is 2. The van der Waals surface area contributed by atoms with Gasteiger partial charge in [-0.2, -0.15) is 5.10 Å². The number of aromatic nitrogens is 2. The van der Waals surface area contributed by atoms with E-state index in [9.17, 15) is 14.4 Å². The molecule has 0 bridgehead atoms. The Morgan fingerprint density at radius 2 is 1.70 bits per heavy atom. The monoisotopic (exact) mass is 372 g/mol. The van der Waals surface area contributed by atoms with Crippen LogP contribution in [0.25, 0.3) is 5.69 Å². The van der Waals surface area contributed by atoms with Crippen LogP contribution >= 0.6 is 0 Å². The van der Waals surface area contributed by atoms with Crippen LogP contribution in [0.4, 0.5) is 4.79 Å². The summed E-state index contributed by atoms with van der Waals surface area (Å²) in [5.74, 6) is -1.37. The summed E-state index contributed by atoms with van der Waals surface area (Å²) in [6.45, 7) is 8.39. The lowest BCUT2D eigenvalue weighted by Crippen LogP contribution is -2.46. The quantitative estimate of drug-likeness (QED) is 0.784. The average Bonchev–Trinajstić information content (AvgIpc) is 2.89. The number of imide groups is 1. The smallest absolute Gasteiger partial charge is 0.342 e. The Balaban J connectivity index is 2.11. The van der Waals surface area contributed by atoms with Crippen LogP contribution in [0.5, 0.6) is 0 Å². The predicted octanol–water partition coefficient (Wildman–Crippen LogP) is 2.27. The van der Waals surface area contributed by atoms with E-state index >= 15 is 0 Å². The molecule has 0 aliphatic rings. The number of carbonyl (C=O) groups excluding carboxylic acids is 3. The highest BCUT2D eigenvalue weighted by atomic mass is 16.5. The Labute approximate surface area is 157 Å². The number of urea groups is 1. The molecule has 0 spiro atoms. The third-order valence-electron chi connectivity index (χ3n) is 3.81. The second kappa shape index (κ2) is 8.48. The zero-order valence-corrected chi connectivity index (χ0v) is 16.1. The molecule has 1 heterocycles. The number of hydrogen-bond acceptors (Lipinski definition) is 5. The molecule has 0 fully saturated rings. The maximum absolute atomic E-state index is 12.6. The standard InChI is InChI=1S/C19H24N4O4/c1-11(2)20-19(26)21-17(24)14(5)27-18(25)16-12(3)22-23(13(16)4)15-9-7-6-8-10-15/h6-11,14H,1-5H3,(H2,20,21,24,26). The van der Waals surface area contributed by atoms with Crippen molar-refractivity contribution in [1.82, 2.24) is 20.4 Å². The molecule has 1 aromatic heterocycles. The van der Waals surface area contributed by atoms with Gasteiger partial charge in [0, 0.05) is 6.04 Å².